The SMILES string of the molecule is CC(C)(C)C1CN(C2CN(C3CCC4(CC3)CN(C(C)(C)C)C4)C2)C1. The van der Waals surface area contributed by atoms with Gasteiger partial charge in [-0.1, -0.05) is 20.8 Å². The molecule has 1 spiro atoms. The van der Waals surface area contributed by atoms with Crippen LogP contribution >= 0.6 is 0 Å². The molecule has 3 aliphatic heterocycles. The number of hydrogen-bond donors (Lipinski definition) is 0. The van der Waals surface area contributed by atoms with Gasteiger partial charge in [-0.25, -0.2) is 0 Å². The van der Waals surface area contributed by atoms with E-state index < -0.39 is 0 Å². The minimum atomic E-state index is 0.370. The molecule has 1 aliphatic carbocycles. The summed E-state index contributed by atoms with van der Waals surface area (Å²) in [5, 5.41) is 0. The molecule has 0 bridgehead atoms. The van der Waals surface area contributed by atoms with Crippen LogP contribution in [0.2, 0.25) is 0 Å². The molecule has 0 aromatic heterocycles. The lowest BCUT2D eigenvalue weighted by molar-refractivity contribution is -0.109. The van der Waals surface area contributed by atoms with Crippen molar-refractivity contribution in [1.29, 1.82) is 0 Å². The zero-order chi connectivity index (χ0) is 18.0. The summed E-state index contributed by atoms with van der Waals surface area (Å²) in [5.41, 5.74) is 1.56. The van der Waals surface area contributed by atoms with Gasteiger partial charge >= 0.3 is 0 Å². The van der Waals surface area contributed by atoms with Gasteiger partial charge < -0.3 is 0 Å². The molecule has 4 rings (SSSR count). The van der Waals surface area contributed by atoms with Gasteiger partial charge in [0.15, 0.2) is 0 Å². The standard InChI is InChI=1S/C22H41N3/c1-20(2,3)17-11-23(12-17)19-13-24(14-19)18-7-9-22(10-8-18)15-25(16-22)21(4,5)6/h17-19H,7-16H2,1-6H3. The molecule has 0 atom stereocenters. The maximum atomic E-state index is 2.81. The van der Waals surface area contributed by atoms with E-state index in [1.54, 1.807) is 0 Å². The Bertz CT molecular complexity index is 472. The summed E-state index contributed by atoms with van der Waals surface area (Å²) in [4.78, 5) is 8.24. The van der Waals surface area contributed by atoms with Crippen LogP contribution in [0.25, 0.3) is 0 Å². The highest BCUT2D eigenvalue weighted by molar-refractivity contribution is 5.05. The van der Waals surface area contributed by atoms with Crippen LogP contribution < -0.4 is 0 Å². The van der Waals surface area contributed by atoms with Gasteiger partial charge in [0.25, 0.3) is 0 Å². The normalized spacial score (nSPS) is 31.0. The molecular weight excluding hydrogens is 306 g/mol. The fourth-order valence-corrected chi connectivity index (χ4v) is 5.51. The Labute approximate surface area is 156 Å². The van der Waals surface area contributed by atoms with E-state index in [-0.39, 0.29) is 0 Å². The van der Waals surface area contributed by atoms with Crippen molar-refractivity contribution in [3.63, 3.8) is 0 Å². The Balaban J connectivity index is 1.17. The van der Waals surface area contributed by atoms with Gasteiger partial charge in [0.2, 0.25) is 0 Å². The molecule has 1 saturated carbocycles. The van der Waals surface area contributed by atoms with Crippen molar-refractivity contribution in [1.82, 2.24) is 14.7 Å². The summed E-state index contributed by atoms with van der Waals surface area (Å²) in [5.74, 6) is 0.917. The molecule has 0 unspecified atom stereocenters. The first-order chi connectivity index (χ1) is 11.6. The highest BCUT2D eigenvalue weighted by atomic mass is 15.4. The Hall–Kier alpha value is -0.120. The summed E-state index contributed by atoms with van der Waals surface area (Å²) in [6, 6.07) is 1.76. The maximum absolute atomic E-state index is 2.81. The van der Waals surface area contributed by atoms with E-state index >= 15 is 0 Å². The van der Waals surface area contributed by atoms with E-state index in [4.69, 9.17) is 0 Å². The zero-order valence-electron chi connectivity index (χ0n) is 17.6. The number of rotatable bonds is 2. The first-order valence-corrected chi connectivity index (χ1v) is 10.8. The van der Waals surface area contributed by atoms with Gasteiger partial charge in [-0.3, -0.25) is 14.7 Å². The molecule has 0 aromatic rings. The third-order valence-corrected chi connectivity index (χ3v) is 8.07. The molecule has 4 aliphatic rings. The van der Waals surface area contributed by atoms with Crippen molar-refractivity contribution in [2.75, 3.05) is 39.3 Å². The van der Waals surface area contributed by atoms with Crippen molar-refractivity contribution < 1.29 is 0 Å². The molecular formula is C22H41N3. The summed E-state index contributed by atoms with van der Waals surface area (Å²) in [7, 11) is 0. The van der Waals surface area contributed by atoms with Crippen molar-refractivity contribution in [2.24, 2.45) is 16.7 Å². The summed E-state index contributed by atoms with van der Waals surface area (Å²) in [6.07, 6.45) is 5.85. The van der Waals surface area contributed by atoms with Gasteiger partial charge in [0.1, 0.15) is 0 Å². The summed E-state index contributed by atoms with van der Waals surface area (Å²) < 4.78 is 0. The van der Waals surface area contributed by atoms with Crippen LogP contribution in [0.5, 0.6) is 0 Å². The molecule has 3 heterocycles. The smallest absolute Gasteiger partial charge is 0.0350 e. The molecule has 0 N–H and O–H groups in total. The average molecular weight is 348 g/mol. The largest absolute Gasteiger partial charge is 0.297 e. The van der Waals surface area contributed by atoms with Gasteiger partial charge in [0.05, 0.1) is 0 Å². The van der Waals surface area contributed by atoms with E-state index in [0.29, 0.717) is 16.4 Å². The highest BCUT2D eigenvalue weighted by Crippen LogP contribution is 2.47. The monoisotopic (exact) mass is 347 g/mol. The van der Waals surface area contributed by atoms with Crippen LogP contribution in [-0.2, 0) is 0 Å². The zero-order valence-corrected chi connectivity index (χ0v) is 17.6. The molecule has 144 valence electrons. The third-order valence-electron chi connectivity index (χ3n) is 8.07. The quantitative estimate of drug-likeness (QED) is 0.754. The predicted molar refractivity (Wildman–Crippen MR) is 106 cm³/mol. The minimum Gasteiger partial charge on any atom is -0.297 e. The Morgan fingerprint density at radius 3 is 1.72 bits per heavy atom. The first-order valence-electron chi connectivity index (χ1n) is 10.8. The van der Waals surface area contributed by atoms with Crippen molar-refractivity contribution in [2.45, 2.75) is 84.8 Å². The number of likely N-dealkylation sites (tertiary alicyclic amines) is 3. The summed E-state index contributed by atoms with van der Waals surface area (Å²) >= 11 is 0. The van der Waals surface area contributed by atoms with E-state index in [2.05, 4.69) is 56.2 Å². The van der Waals surface area contributed by atoms with Gasteiger partial charge in [-0.2, -0.15) is 0 Å². The Morgan fingerprint density at radius 2 is 1.24 bits per heavy atom. The van der Waals surface area contributed by atoms with Crippen LogP contribution in [0.1, 0.15) is 67.2 Å². The fraction of sp³-hybridized carbons (Fsp3) is 1.00. The second-order valence-electron chi connectivity index (χ2n) is 11.9. The molecule has 0 radical (unpaired) electrons. The van der Waals surface area contributed by atoms with Crippen LogP contribution in [0, 0.1) is 16.7 Å². The van der Waals surface area contributed by atoms with E-state index in [1.165, 1.54) is 65.0 Å². The molecule has 4 fully saturated rings. The third kappa shape index (κ3) is 3.41. The predicted octanol–water partition coefficient (Wildman–Crippen LogP) is 3.69. The van der Waals surface area contributed by atoms with Gasteiger partial charge in [-0.15, -0.1) is 0 Å². The molecule has 3 saturated heterocycles. The second-order valence-corrected chi connectivity index (χ2v) is 11.9. The fourth-order valence-electron chi connectivity index (χ4n) is 5.51. The Morgan fingerprint density at radius 1 is 0.720 bits per heavy atom. The molecule has 25 heavy (non-hydrogen) atoms. The van der Waals surface area contributed by atoms with Crippen LogP contribution in [0.15, 0.2) is 0 Å². The lowest BCUT2D eigenvalue weighted by Gasteiger charge is -2.60. The molecule has 3 nitrogen and oxygen atoms in total. The lowest BCUT2D eigenvalue weighted by atomic mass is 9.65. The van der Waals surface area contributed by atoms with Gasteiger partial charge in [0, 0.05) is 56.9 Å². The topological polar surface area (TPSA) is 9.72 Å². The Kier molecular flexibility index (Phi) is 4.34. The number of nitrogens with zero attached hydrogens (tertiary/aromatic N) is 3. The first kappa shape index (κ1) is 18.3. The van der Waals surface area contributed by atoms with Crippen LogP contribution in [0.3, 0.4) is 0 Å². The van der Waals surface area contributed by atoms with Crippen molar-refractivity contribution >= 4 is 0 Å². The van der Waals surface area contributed by atoms with Crippen molar-refractivity contribution in [3.8, 4) is 0 Å². The molecule has 3 heteroatoms. The van der Waals surface area contributed by atoms with Crippen molar-refractivity contribution in [3.05, 3.63) is 0 Å². The highest BCUT2D eigenvalue weighted by Gasteiger charge is 2.50. The number of hydrogen-bond acceptors (Lipinski definition) is 3. The second kappa shape index (κ2) is 5.94. The average Bonchev–Trinajstić information content (AvgIpc) is 2.34. The van der Waals surface area contributed by atoms with E-state index in [9.17, 15) is 0 Å². The minimum absolute atomic E-state index is 0.370. The van der Waals surface area contributed by atoms with Crippen LogP contribution in [0.4, 0.5) is 0 Å². The molecule has 0 aromatic carbocycles. The van der Waals surface area contributed by atoms with Crippen LogP contribution in [-0.4, -0.2) is 71.6 Å². The summed E-state index contributed by atoms with van der Waals surface area (Å²) in [6.45, 7) is 22.4. The van der Waals surface area contributed by atoms with E-state index in [0.717, 1.165) is 18.0 Å². The van der Waals surface area contributed by atoms with Gasteiger partial charge in [-0.05, 0) is 63.2 Å². The molecule has 0 amide bonds. The lowest BCUT2D eigenvalue weighted by Crippen LogP contribution is -2.69. The maximum Gasteiger partial charge on any atom is 0.0350 e. The van der Waals surface area contributed by atoms with E-state index in [1.807, 2.05) is 0 Å².